The molecule has 0 bridgehead atoms. The zero-order valence-corrected chi connectivity index (χ0v) is 20.1. The number of ether oxygens (including phenoxy) is 3. The van der Waals surface area contributed by atoms with Crippen molar-refractivity contribution in [2.24, 2.45) is 5.10 Å². The Hall–Kier alpha value is -3.92. The molecule has 35 heavy (non-hydrogen) atoms. The lowest BCUT2D eigenvalue weighted by atomic mass is 10.1. The topological polar surface area (TPSA) is 127 Å². The number of nitrogens with one attached hydrogen (secondary N) is 3. The maximum atomic E-state index is 12.4. The number of carbonyl (C=O) groups excluding carboxylic acids is 3. The van der Waals surface area contributed by atoms with Crippen molar-refractivity contribution in [1.29, 1.82) is 0 Å². The van der Waals surface area contributed by atoms with Gasteiger partial charge in [-0.05, 0) is 61.6 Å². The van der Waals surface area contributed by atoms with Crippen LogP contribution < -0.4 is 25.5 Å². The van der Waals surface area contributed by atoms with E-state index in [9.17, 15) is 14.4 Å². The second-order valence-corrected chi connectivity index (χ2v) is 8.06. The first-order valence-electron chi connectivity index (χ1n) is 11.3. The maximum Gasteiger partial charge on any atom is 0.329 e. The van der Waals surface area contributed by atoms with Gasteiger partial charge in [-0.3, -0.25) is 14.4 Å². The van der Waals surface area contributed by atoms with Crippen LogP contribution in [0.25, 0.3) is 0 Å². The summed E-state index contributed by atoms with van der Waals surface area (Å²) in [7, 11) is 1.47. The Balaban J connectivity index is 1.49. The van der Waals surface area contributed by atoms with Crippen molar-refractivity contribution in [2.45, 2.75) is 32.8 Å². The Labute approximate surface area is 204 Å². The number of hydrogen-bond donors (Lipinski definition) is 3. The summed E-state index contributed by atoms with van der Waals surface area (Å²) in [6.45, 7) is 4.61. The van der Waals surface area contributed by atoms with Crippen LogP contribution in [-0.4, -0.2) is 56.9 Å². The largest absolute Gasteiger partial charge is 0.493 e. The van der Waals surface area contributed by atoms with Gasteiger partial charge in [0.15, 0.2) is 18.1 Å². The van der Waals surface area contributed by atoms with Crippen molar-refractivity contribution in [3.8, 4) is 11.5 Å². The van der Waals surface area contributed by atoms with Crippen molar-refractivity contribution >= 4 is 29.6 Å². The summed E-state index contributed by atoms with van der Waals surface area (Å²) in [6.07, 6.45) is 3.12. The molecule has 0 unspecified atom stereocenters. The van der Waals surface area contributed by atoms with E-state index in [1.807, 2.05) is 32.0 Å². The number of amides is 3. The number of benzene rings is 2. The molecule has 1 atom stereocenters. The van der Waals surface area contributed by atoms with E-state index in [4.69, 9.17) is 14.2 Å². The first-order valence-corrected chi connectivity index (χ1v) is 11.3. The smallest absolute Gasteiger partial charge is 0.329 e. The number of rotatable bonds is 9. The fourth-order valence-electron chi connectivity index (χ4n) is 3.52. The monoisotopic (exact) mass is 482 g/mol. The Morgan fingerprint density at radius 1 is 1.11 bits per heavy atom. The van der Waals surface area contributed by atoms with Gasteiger partial charge in [-0.2, -0.15) is 5.10 Å². The van der Waals surface area contributed by atoms with E-state index in [1.54, 1.807) is 18.2 Å². The zero-order chi connectivity index (χ0) is 25.2. The highest BCUT2D eigenvalue weighted by atomic mass is 16.5. The molecule has 0 saturated carbocycles. The van der Waals surface area contributed by atoms with Crippen LogP contribution in [0.15, 0.2) is 41.5 Å². The highest BCUT2D eigenvalue weighted by Crippen LogP contribution is 2.27. The molecule has 1 aliphatic rings. The molecule has 3 amide bonds. The average Bonchev–Trinajstić information content (AvgIpc) is 3.37. The molecule has 1 aliphatic heterocycles. The third-order valence-electron chi connectivity index (χ3n) is 5.39. The van der Waals surface area contributed by atoms with Crippen LogP contribution in [0.5, 0.6) is 11.5 Å². The van der Waals surface area contributed by atoms with Gasteiger partial charge in [-0.15, -0.1) is 0 Å². The van der Waals surface area contributed by atoms with Crippen LogP contribution in [0.1, 0.15) is 29.5 Å². The first-order chi connectivity index (χ1) is 16.9. The minimum atomic E-state index is -0.874. The molecular formula is C25H30N4O6. The van der Waals surface area contributed by atoms with Crippen LogP contribution >= 0.6 is 0 Å². The SMILES string of the molecule is COc1cc(/C=N\NC(=O)C(=O)NC[C@@H]2CCCO2)ccc1OCC(=O)Nc1c(C)cccc1C. The van der Waals surface area contributed by atoms with E-state index in [0.717, 1.165) is 29.7 Å². The molecule has 0 aliphatic carbocycles. The fraction of sp³-hybridized carbons (Fsp3) is 0.360. The van der Waals surface area contributed by atoms with Gasteiger partial charge in [0, 0.05) is 18.8 Å². The van der Waals surface area contributed by atoms with Crippen LogP contribution in [-0.2, 0) is 19.1 Å². The lowest BCUT2D eigenvalue weighted by molar-refractivity contribution is -0.139. The molecule has 10 heteroatoms. The molecule has 2 aromatic rings. The number of hydrazone groups is 1. The minimum Gasteiger partial charge on any atom is -0.493 e. The lowest BCUT2D eigenvalue weighted by Crippen LogP contribution is -2.41. The normalized spacial score (nSPS) is 15.0. The van der Waals surface area contributed by atoms with Gasteiger partial charge >= 0.3 is 11.8 Å². The lowest BCUT2D eigenvalue weighted by Gasteiger charge is -2.13. The van der Waals surface area contributed by atoms with Gasteiger partial charge in [0.2, 0.25) is 0 Å². The van der Waals surface area contributed by atoms with Crippen molar-refractivity contribution in [2.75, 3.05) is 32.2 Å². The van der Waals surface area contributed by atoms with Gasteiger partial charge in [-0.25, -0.2) is 5.43 Å². The molecule has 3 N–H and O–H groups in total. The summed E-state index contributed by atoms with van der Waals surface area (Å²) >= 11 is 0. The number of hydrogen-bond acceptors (Lipinski definition) is 7. The molecule has 0 aromatic heterocycles. The molecule has 0 radical (unpaired) electrons. The third-order valence-corrected chi connectivity index (χ3v) is 5.39. The number of methoxy groups -OCH3 is 1. The number of para-hydroxylation sites is 1. The molecule has 1 saturated heterocycles. The number of aryl methyl sites for hydroxylation is 2. The molecular weight excluding hydrogens is 452 g/mol. The quantitative estimate of drug-likeness (QED) is 0.285. The van der Waals surface area contributed by atoms with Crippen molar-refractivity contribution in [1.82, 2.24) is 10.7 Å². The Morgan fingerprint density at radius 2 is 1.89 bits per heavy atom. The third kappa shape index (κ3) is 7.54. The number of anilines is 1. The summed E-state index contributed by atoms with van der Waals surface area (Å²) in [5.74, 6) is -1.19. The van der Waals surface area contributed by atoms with Crippen LogP contribution in [0.3, 0.4) is 0 Å². The summed E-state index contributed by atoms with van der Waals surface area (Å²) < 4.78 is 16.4. The highest BCUT2D eigenvalue weighted by molar-refractivity contribution is 6.35. The Bertz CT molecular complexity index is 1080. The fourth-order valence-corrected chi connectivity index (χ4v) is 3.52. The summed E-state index contributed by atoms with van der Waals surface area (Å²) in [4.78, 5) is 36.1. The van der Waals surface area contributed by atoms with E-state index in [1.165, 1.54) is 13.3 Å². The van der Waals surface area contributed by atoms with Gasteiger partial charge in [0.1, 0.15) is 0 Å². The maximum absolute atomic E-state index is 12.4. The van der Waals surface area contributed by atoms with Gasteiger partial charge < -0.3 is 24.8 Å². The van der Waals surface area contributed by atoms with Crippen LogP contribution in [0, 0.1) is 13.8 Å². The van der Waals surface area contributed by atoms with E-state index in [-0.39, 0.29) is 25.2 Å². The minimum absolute atomic E-state index is 0.0545. The average molecular weight is 483 g/mol. The second kappa shape index (κ2) is 12.5. The van der Waals surface area contributed by atoms with Crippen LogP contribution in [0.4, 0.5) is 5.69 Å². The predicted octanol–water partition coefficient (Wildman–Crippen LogP) is 2.07. The van der Waals surface area contributed by atoms with Gasteiger partial charge in [0.05, 0.1) is 19.4 Å². The zero-order valence-electron chi connectivity index (χ0n) is 20.1. The molecule has 3 rings (SSSR count). The van der Waals surface area contributed by atoms with Gasteiger partial charge in [0.25, 0.3) is 5.91 Å². The highest BCUT2D eigenvalue weighted by Gasteiger charge is 2.19. The first kappa shape index (κ1) is 25.7. The second-order valence-electron chi connectivity index (χ2n) is 8.06. The van der Waals surface area contributed by atoms with Gasteiger partial charge in [-0.1, -0.05) is 18.2 Å². The molecule has 0 spiro atoms. The standard InChI is InChI=1S/C25H30N4O6/c1-16-6-4-7-17(2)23(16)28-22(30)15-35-20-10-9-18(12-21(20)33-3)13-27-29-25(32)24(31)26-14-19-8-5-11-34-19/h4,6-7,9-10,12-13,19H,5,8,11,14-15H2,1-3H3,(H,26,31)(H,28,30)(H,29,32)/b27-13-/t19-/m0/s1. The summed E-state index contributed by atoms with van der Waals surface area (Å²) in [6, 6.07) is 10.7. The molecule has 1 fully saturated rings. The van der Waals surface area contributed by atoms with Crippen molar-refractivity contribution < 1.29 is 28.6 Å². The van der Waals surface area contributed by atoms with Crippen molar-refractivity contribution in [3.05, 3.63) is 53.1 Å². The van der Waals surface area contributed by atoms with E-state index < -0.39 is 11.8 Å². The Morgan fingerprint density at radius 3 is 2.57 bits per heavy atom. The molecule has 1 heterocycles. The summed E-state index contributed by atoms with van der Waals surface area (Å²) in [5, 5.41) is 9.20. The number of nitrogens with zero attached hydrogens (tertiary/aromatic N) is 1. The molecule has 2 aromatic carbocycles. The Kier molecular flexibility index (Phi) is 9.19. The number of carbonyl (C=O) groups is 3. The van der Waals surface area contributed by atoms with E-state index >= 15 is 0 Å². The van der Waals surface area contributed by atoms with E-state index in [0.29, 0.717) is 23.7 Å². The van der Waals surface area contributed by atoms with E-state index in [2.05, 4.69) is 21.2 Å². The molecule has 186 valence electrons. The van der Waals surface area contributed by atoms with Crippen molar-refractivity contribution in [3.63, 3.8) is 0 Å². The summed E-state index contributed by atoms with van der Waals surface area (Å²) in [5.41, 5.74) is 5.47. The predicted molar refractivity (Wildman–Crippen MR) is 131 cm³/mol. The van der Waals surface area contributed by atoms with Crippen LogP contribution in [0.2, 0.25) is 0 Å². The molecule has 10 nitrogen and oxygen atoms in total.